The van der Waals surface area contributed by atoms with Crippen molar-refractivity contribution in [2.45, 2.75) is 19.3 Å². The number of hydrogen-bond donors (Lipinski definition) is 2. The molecule has 128 valence electrons. The Balaban J connectivity index is 1.51. The maximum atomic E-state index is 4.42. The minimum atomic E-state index is 0.744. The summed E-state index contributed by atoms with van der Waals surface area (Å²) < 4.78 is 0. The highest BCUT2D eigenvalue weighted by Crippen LogP contribution is 2.18. The number of rotatable bonds is 7. The molecule has 6 heteroatoms. The minimum Gasteiger partial charge on any atom is -0.370 e. The van der Waals surface area contributed by atoms with Crippen LogP contribution in [0.2, 0.25) is 0 Å². The monoisotopic (exact) mass is 326 g/mol. The molecule has 0 spiro atoms. The average molecular weight is 326 g/mol. The zero-order valence-electron chi connectivity index (χ0n) is 14.3. The van der Waals surface area contributed by atoms with Gasteiger partial charge in [0.1, 0.15) is 18.0 Å². The third-order valence-electron chi connectivity index (χ3n) is 4.48. The molecule has 1 aliphatic rings. The van der Waals surface area contributed by atoms with Gasteiger partial charge in [0.15, 0.2) is 0 Å². The molecule has 6 nitrogen and oxygen atoms in total. The van der Waals surface area contributed by atoms with E-state index < -0.39 is 0 Å². The molecule has 0 aliphatic carbocycles. The molecule has 0 aromatic carbocycles. The molecule has 0 atom stereocenters. The number of nitrogens with zero attached hydrogens (tertiary/aromatic N) is 4. The first kappa shape index (κ1) is 16.6. The molecule has 24 heavy (non-hydrogen) atoms. The summed E-state index contributed by atoms with van der Waals surface area (Å²) in [6.45, 7) is 4.14. The van der Waals surface area contributed by atoms with E-state index in [1.165, 1.54) is 18.4 Å². The lowest BCUT2D eigenvalue weighted by Crippen LogP contribution is -2.34. The second kappa shape index (κ2) is 8.59. The lowest BCUT2D eigenvalue weighted by atomic mass is 9.98. The van der Waals surface area contributed by atoms with Crippen molar-refractivity contribution >= 4 is 11.6 Å². The summed E-state index contributed by atoms with van der Waals surface area (Å²) in [5.74, 6) is 2.60. The molecule has 3 rings (SSSR count). The van der Waals surface area contributed by atoms with Gasteiger partial charge in [0.25, 0.3) is 0 Å². The van der Waals surface area contributed by atoms with Crippen LogP contribution in [-0.2, 0) is 6.42 Å². The molecular formula is C18H26N6. The van der Waals surface area contributed by atoms with E-state index in [0.29, 0.717) is 0 Å². The van der Waals surface area contributed by atoms with Crippen molar-refractivity contribution < 1.29 is 0 Å². The number of aromatic nitrogens is 3. The Morgan fingerprint density at radius 3 is 2.96 bits per heavy atom. The van der Waals surface area contributed by atoms with E-state index in [1.807, 2.05) is 18.3 Å². The number of anilines is 2. The van der Waals surface area contributed by atoms with E-state index in [-0.39, 0.29) is 0 Å². The van der Waals surface area contributed by atoms with Gasteiger partial charge in [-0.2, -0.15) is 0 Å². The van der Waals surface area contributed by atoms with Gasteiger partial charge in [-0.25, -0.2) is 9.97 Å². The highest BCUT2D eigenvalue weighted by Gasteiger charge is 2.16. The first-order valence-corrected chi connectivity index (χ1v) is 8.68. The Morgan fingerprint density at radius 1 is 1.29 bits per heavy atom. The van der Waals surface area contributed by atoms with Crippen LogP contribution in [0.25, 0.3) is 0 Å². The van der Waals surface area contributed by atoms with Gasteiger partial charge >= 0.3 is 0 Å². The van der Waals surface area contributed by atoms with Crippen molar-refractivity contribution in [3.8, 4) is 0 Å². The molecular weight excluding hydrogens is 300 g/mol. The van der Waals surface area contributed by atoms with Crippen LogP contribution in [0.5, 0.6) is 0 Å². The molecule has 3 heterocycles. The normalized spacial score (nSPS) is 15.2. The van der Waals surface area contributed by atoms with Crippen LogP contribution in [0.3, 0.4) is 0 Å². The predicted octanol–water partition coefficient (Wildman–Crippen LogP) is 1.96. The van der Waals surface area contributed by atoms with Gasteiger partial charge in [0.2, 0.25) is 0 Å². The Morgan fingerprint density at radius 2 is 2.17 bits per heavy atom. The van der Waals surface area contributed by atoms with Crippen LogP contribution in [0.4, 0.5) is 11.6 Å². The maximum Gasteiger partial charge on any atom is 0.133 e. The first-order valence-electron chi connectivity index (χ1n) is 8.68. The SMILES string of the molecule is CN(CC1CCNCC1)c1cc(NCCc2cccnc2)ncn1. The second-order valence-corrected chi connectivity index (χ2v) is 6.37. The van der Waals surface area contributed by atoms with Gasteiger partial charge in [-0.3, -0.25) is 4.98 Å². The maximum absolute atomic E-state index is 4.42. The van der Waals surface area contributed by atoms with Crippen molar-refractivity contribution in [1.29, 1.82) is 0 Å². The van der Waals surface area contributed by atoms with Gasteiger partial charge in [0, 0.05) is 38.6 Å². The lowest BCUT2D eigenvalue weighted by Gasteiger charge is -2.28. The van der Waals surface area contributed by atoms with Crippen LogP contribution in [0.1, 0.15) is 18.4 Å². The quantitative estimate of drug-likeness (QED) is 0.811. The topological polar surface area (TPSA) is 66.0 Å². The Bertz CT molecular complexity index is 612. The smallest absolute Gasteiger partial charge is 0.133 e. The minimum absolute atomic E-state index is 0.744. The van der Waals surface area contributed by atoms with Crippen molar-refractivity contribution in [2.75, 3.05) is 43.4 Å². The predicted molar refractivity (Wildman–Crippen MR) is 97.3 cm³/mol. The zero-order chi connectivity index (χ0) is 16.6. The number of nitrogens with one attached hydrogen (secondary N) is 2. The van der Waals surface area contributed by atoms with Gasteiger partial charge in [0.05, 0.1) is 0 Å². The molecule has 0 radical (unpaired) electrons. The summed E-state index contributed by atoms with van der Waals surface area (Å²) in [6.07, 6.45) is 8.75. The molecule has 1 saturated heterocycles. The van der Waals surface area contributed by atoms with E-state index in [2.05, 4.69) is 43.6 Å². The van der Waals surface area contributed by atoms with E-state index in [0.717, 1.165) is 50.2 Å². The molecule has 2 aromatic rings. The number of hydrogen-bond acceptors (Lipinski definition) is 6. The van der Waals surface area contributed by atoms with E-state index in [4.69, 9.17) is 0 Å². The van der Waals surface area contributed by atoms with Crippen molar-refractivity contribution in [1.82, 2.24) is 20.3 Å². The van der Waals surface area contributed by atoms with Gasteiger partial charge < -0.3 is 15.5 Å². The van der Waals surface area contributed by atoms with Crippen molar-refractivity contribution in [2.24, 2.45) is 5.92 Å². The molecule has 2 aromatic heterocycles. The lowest BCUT2D eigenvalue weighted by molar-refractivity contribution is 0.377. The average Bonchev–Trinajstić information content (AvgIpc) is 2.64. The standard InChI is InChI=1S/C18H26N6/c1-24(13-16-4-8-19-9-5-16)18-11-17(22-14-23-18)21-10-6-15-3-2-7-20-12-15/h2-3,7,11-12,14,16,19H,4-6,8-10,13H2,1H3,(H,21,22,23). The molecule has 2 N–H and O–H groups in total. The fraction of sp³-hybridized carbons (Fsp3) is 0.500. The molecule has 0 bridgehead atoms. The van der Waals surface area contributed by atoms with E-state index in [9.17, 15) is 0 Å². The van der Waals surface area contributed by atoms with Crippen molar-refractivity contribution in [3.63, 3.8) is 0 Å². The number of piperidine rings is 1. The van der Waals surface area contributed by atoms with Crippen LogP contribution >= 0.6 is 0 Å². The third-order valence-corrected chi connectivity index (χ3v) is 4.48. The molecule has 1 aliphatic heterocycles. The highest BCUT2D eigenvalue weighted by atomic mass is 15.2. The van der Waals surface area contributed by atoms with Gasteiger partial charge in [-0.1, -0.05) is 6.07 Å². The molecule has 0 unspecified atom stereocenters. The first-order chi connectivity index (χ1) is 11.8. The van der Waals surface area contributed by atoms with Crippen LogP contribution < -0.4 is 15.5 Å². The number of pyridine rings is 1. The molecule has 0 saturated carbocycles. The van der Waals surface area contributed by atoms with Crippen LogP contribution in [0.15, 0.2) is 36.9 Å². The second-order valence-electron chi connectivity index (χ2n) is 6.37. The van der Waals surface area contributed by atoms with Crippen molar-refractivity contribution in [3.05, 3.63) is 42.5 Å². The molecule has 0 amide bonds. The summed E-state index contributed by atoms with van der Waals surface area (Å²) in [6, 6.07) is 6.09. The summed E-state index contributed by atoms with van der Waals surface area (Å²) >= 11 is 0. The summed E-state index contributed by atoms with van der Waals surface area (Å²) in [5.41, 5.74) is 1.22. The van der Waals surface area contributed by atoms with E-state index in [1.54, 1.807) is 12.5 Å². The highest BCUT2D eigenvalue weighted by molar-refractivity contribution is 5.48. The summed E-state index contributed by atoms with van der Waals surface area (Å²) in [4.78, 5) is 15.1. The third kappa shape index (κ3) is 4.89. The Kier molecular flexibility index (Phi) is 5.96. The van der Waals surface area contributed by atoms with E-state index >= 15 is 0 Å². The Labute approximate surface area is 143 Å². The van der Waals surface area contributed by atoms with Crippen LogP contribution in [0, 0.1) is 5.92 Å². The Hall–Kier alpha value is -2.21. The fourth-order valence-corrected chi connectivity index (χ4v) is 3.08. The largest absolute Gasteiger partial charge is 0.370 e. The summed E-state index contributed by atoms with van der Waals surface area (Å²) in [7, 11) is 2.11. The summed E-state index contributed by atoms with van der Waals surface area (Å²) in [5, 5.41) is 6.79. The van der Waals surface area contributed by atoms with Gasteiger partial charge in [-0.05, 0) is 49.9 Å². The fourth-order valence-electron chi connectivity index (χ4n) is 3.08. The van der Waals surface area contributed by atoms with Gasteiger partial charge in [-0.15, -0.1) is 0 Å². The molecule has 1 fully saturated rings. The van der Waals surface area contributed by atoms with Crippen LogP contribution in [-0.4, -0.2) is 48.2 Å². The zero-order valence-corrected chi connectivity index (χ0v) is 14.3.